The number of aliphatic imine (C=N–C) groups is 1. The number of aromatic amines is 1. The number of phenols is 1. The van der Waals surface area contributed by atoms with Gasteiger partial charge in [0.1, 0.15) is 23.9 Å². The molecule has 0 saturated carbocycles. The summed E-state index contributed by atoms with van der Waals surface area (Å²) in [5.74, 6) is -3.37. The molecular formula is C28H36N8O6. The minimum atomic E-state index is -1.32. The summed E-state index contributed by atoms with van der Waals surface area (Å²) >= 11 is 0. The molecule has 3 aromatic rings. The van der Waals surface area contributed by atoms with E-state index in [9.17, 15) is 29.4 Å². The Balaban J connectivity index is 1.80. The number of carboxylic acid groups (broad SMARTS) is 1. The molecule has 42 heavy (non-hydrogen) atoms. The third-order valence-corrected chi connectivity index (χ3v) is 6.51. The lowest BCUT2D eigenvalue weighted by molar-refractivity contribution is -0.142. The van der Waals surface area contributed by atoms with Gasteiger partial charge in [0.05, 0.1) is 6.54 Å². The molecule has 3 atom stereocenters. The highest BCUT2D eigenvalue weighted by atomic mass is 16.4. The Morgan fingerprint density at radius 2 is 1.55 bits per heavy atom. The minimum Gasteiger partial charge on any atom is -0.508 e. The highest BCUT2D eigenvalue weighted by Crippen LogP contribution is 2.19. The minimum absolute atomic E-state index is 0.0159. The summed E-state index contributed by atoms with van der Waals surface area (Å²) < 4.78 is 0. The third kappa shape index (κ3) is 9.23. The first-order chi connectivity index (χ1) is 20.1. The average Bonchev–Trinajstić information content (AvgIpc) is 3.37. The Bertz CT molecular complexity index is 1420. The van der Waals surface area contributed by atoms with E-state index in [0.29, 0.717) is 5.56 Å². The fourth-order valence-corrected chi connectivity index (χ4v) is 4.37. The Hall–Kier alpha value is -5.11. The van der Waals surface area contributed by atoms with Gasteiger partial charge in [-0.05, 0) is 42.2 Å². The number of nitrogens with zero attached hydrogens (tertiary/aromatic N) is 1. The van der Waals surface area contributed by atoms with Crippen molar-refractivity contribution in [3.63, 3.8) is 0 Å². The molecule has 224 valence electrons. The van der Waals surface area contributed by atoms with E-state index in [2.05, 4.69) is 25.9 Å². The van der Waals surface area contributed by atoms with Crippen LogP contribution >= 0.6 is 0 Å². The maximum absolute atomic E-state index is 13.5. The lowest BCUT2D eigenvalue weighted by atomic mass is 10.0. The van der Waals surface area contributed by atoms with E-state index in [0.717, 1.165) is 16.5 Å². The Labute approximate surface area is 241 Å². The number of aromatic nitrogens is 1. The maximum atomic E-state index is 13.5. The van der Waals surface area contributed by atoms with Crippen LogP contribution in [0.15, 0.2) is 59.7 Å². The topological polar surface area (TPSA) is 251 Å². The van der Waals surface area contributed by atoms with Gasteiger partial charge in [0.2, 0.25) is 17.7 Å². The molecular weight excluding hydrogens is 544 g/mol. The molecule has 0 aliphatic rings. The van der Waals surface area contributed by atoms with Gasteiger partial charge in [-0.3, -0.25) is 19.4 Å². The van der Waals surface area contributed by atoms with Crippen molar-refractivity contribution in [2.24, 2.45) is 22.2 Å². The van der Waals surface area contributed by atoms with Gasteiger partial charge in [-0.25, -0.2) is 4.79 Å². The van der Waals surface area contributed by atoms with E-state index in [4.69, 9.17) is 17.2 Å². The first kappa shape index (κ1) is 31.4. The molecule has 0 bridgehead atoms. The molecule has 0 fully saturated rings. The summed E-state index contributed by atoms with van der Waals surface area (Å²) in [7, 11) is 0. The zero-order valence-electron chi connectivity index (χ0n) is 22.9. The van der Waals surface area contributed by atoms with Gasteiger partial charge < -0.3 is 48.3 Å². The number of guanidine groups is 1. The SMILES string of the molecule is NCC(=O)NC(Cc1c[nH]c2ccccc12)C(=O)NC(CCCN=C(N)N)C(=O)NC(Cc1ccc(O)cc1)C(=O)O. The first-order valence-corrected chi connectivity index (χ1v) is 13.3. The van der Waals surface area contributed by atoms with E-state index in [1.165, 1.54) is 12.1 Å². The van der Waals surface area contributed by atoms with Crippen molar-refractivity contribution in [1.82, 2.24) is 20.9 Å². The van der Waals surface area contributed by atoms with E-state index in [1.807, 2.05) is 24.3 Å². The summed E-state index contributed by atoms with van der Waals surface area (Å²) in [6.07, 6.45) is 2.13. The Kier molecular flexibility index (Phi) is 11.3. The van der Waals surface area contributed by atoms with Crippen molar-refractivity contribution in [2.75, 3.05) is 13.1 Å². The summed E-state index contributed by atoms with van der Waals surface area (Å²) in [6.45, 7) is -0.182. The van der Waals surface area contributed by atoms with Crippen LogP contribution in [0.1, 0.15) is 24.0 Å². The van der Waals surface area contributed by atoms with Gasteiger partial charge in [0, 0.05) is 36.5 Å². The van der Waals surface area contributed by atoms with Gasteiger partial charge in [-0.2, -0.15) is 0 Å². The number of H-pyrrole nitrogens is 1. The molecule has 0 aliphatic heterocycles. The van der Waals surface area contributed by atoms with Crippen LogP contribution in [0.3, 0.4) is 0 Å². The molecule has 14 nitrogen and oxygen atoms in total. The van der Waals surface area contributed by atoms with Crippen LogP contribution in [0.25, 0.3) is 10.9 Å². The van der Waals surface area contributed by atoms with Crippen molar-refractivity contribution in [1.29, 1.82) is 0 Å². The van der Waals surface area contributed by atoms with E-state index in [-0.39, 0.29) is 50.5 Å². The third-order valence-electron chi connectivity index (χ3n) is 6.51. The number of phenolic OH excluding ortho intramolecular Hbond substituents is 1. The lowest BCUT2D eigenvalue weighted by Crippen LogP contribution is -2.57. The number of rotatable bonds is 15. The number of carboxylic acids is 1. The molecule has 0 saturated heterocycles. The Morgan fingerprint density at radius 3 is 2.21 bits per heavy atom. The predicted molar refractivity (Wildman–Crippen MR) is 156 cm³/mol. The second-order valence-electron chi connectivity index (χ2n) is 9.67. The van der Waals surface area contributed by atoms with Crippen LogP contribution in [0, 0.1) is 0 Å². The number of carbonyl (C=O) groups is 4. The number of hydrogen-bond donors (Lipinski definition) is 9. The first-order valence-electron chi connectivity index (χ1n) is 13.3. The number of amides is 3. The van der Waals surface area contributed by atoms with Crippen LogP contribution in [-0.2, 0) is 32.0 Å². The largest absolute Gasteiger partial charge is 0.508 e. The normalized spacial score (nSPS) is 13.0. The number of aromatic hydroxyl groups is 1. The van der Waals surface area contributed by atoms with Crippen LogP contribution in [0.5, 0.6) is 5.75 Å². The molecule has 0 spiro atoms. The summed E-state index contributed by atoms with van der Waals surface area (Å²) in [5, 5.41) is 27.9. The molecule has 1 aromatic heterocycles. The number of carbonyl (C=O) groups excluding carboxylic acids is 3. The van der Waals surface area contributed by atoms with E-state index in [1.54, 1.807) is 18.3 Å². The number of benzene rings is 2. The van der Waals surface area contributed by atoms with Crippen molar-refractivity contribution >= 4 is 40.6 Å². The van der Waals surface area contributed by atoms with Gasteiger partial charge in [-0.15, -0.1) is 0 Å². The van der Waals surface area contributed by atoms with Crippen molar-refractivity contribution in [3.8, 4) is 5.75 Å². The zero-order valence-corrected chi connectivity index (χ0v) is 22.9. The van der Waals surface area contributed by atoms with E-state index < -0.39 is 41.8 Å². The summed E-state index contributed by atoms with van der Waals surface area (Å²) in [4.78, 5) is 58.0. The predicted octanol–water partition coefficient (Wildman–Crippen LogP) is -0.790. The molecule has 0 aliphatic carbocycles. The number of aliphatic carboxylic acids is 1. The monoisotopic (exact) mass is 580 g/mol. The summed E-state index contributed by atoms with van der Waals surface area (Å²) in [6, 6.07) is 9.79. The molecule has 3 amide bonds. The molecule has 3 rings (SSSR count). The van der Waals surface area contributed by atoms with Gasteiger partial charge in [0.25, 0.3) is 0 Å². The number of hydrogen-bond acceptors (Lipinski definition) is 7. The molecule has 12 N–H and O–H groups in total. The van der Waals surface area contributed by atoms with Gasteiger partial charge in [-0.1, -0.05) is 30.3 Å². The molecule has 3 unspecified atom stereocenters. The quantitative estimate of drug-likeness (QED) is 0.0619. The number of para-hydroxylation sites is 1. The van der Waals surface area contributed by atoms with Gasteiger partial charge in [0.15, 0.2) is 5.96 Å². The fraction of sp³-hybridized carbons (Fsp3) is 0.321. The molecule has 14 heteroatoms. The second-order valence-corrected chi connectivity index (χ2v) is 9.67. The van der Waals surface area contributed by atoms with Crippen molar-refractivity contribution in [2.45, 2.75) is 43.8 Å². The van der Waals surface area contributed by atoms with Gasteiger partial charge >= 0.3 is 5.97 Å². The number of fused-ring (bicyclic) bond motifs is 1. The highest BCUT2D eigenvalue weighted by Gasteiger charge is 2.30. The highest BCUT2D eigenvalue weighted by molar-refractivity contribution is 5.94. The second kappa shape index (κ2) is 15.0. The van der Waals surface area contributed by atoms with Crippen LogP contribution in [-0.4, -0.2) is 76.1 Å². The smallest absolute Gasteiger partial charge is 0.326 e. The van der Waals surface area contributed by atoms with Crippen molar-refractivity contribution in [3.05, 3.63) is 65.9 Å². The summed E-state index contributed by atoms with van der Waals surface area (Å²) in [5.41, 5.74) is 18.4. The standard InChI is InChI=1S/C28H36N8O6/c29-14-24(38)34-22(13-17-15-33-20-5-2-1-4-19(17)20)26(40)35-21(6-3-11-32-28(30)31)25(39)36-23(27(41)42)12-16-7-9-18(37)10-8-16/h1-2,4-5,7-10,15,21-23,33,37H,3,6,11-14,29H2,(H,34,38)(H,35,40)(H,36,39)(H,41,42)(H4,30,31,32). The zero-order chi connectivity index (χ0) is 30.6. The average molecular weight is 581 g/mol. The van der Waals surface area contributed by atoms with Crippen LogP contribution in [0.4, 0.5) is 0 Å². The Morgan fingerprint density at radius 1 is 0.881 bits per heavy atom. The van der Waals surface area contributed by atoms with E-state index >= 15 is 0 Å². The molecule has 1 heterocycles. The number of nitrogens with one attached hydrogen (secondary N) is 4. The van der Waals surface area contributed by atoms with Crippen molar-refractivity contribution < 1.29 is 29.4 Å². The van der Waals surface area contributed by atoms with Crippen LogP contribution < -0.4 is 33.2 Å². The maximum Gasteiger partial charge on any atom is 0.326 e. The fourth-order valence-electron chi connectivity index (χ4n) is 4.37. The van der Waals surface area contributed by atoms with Crippen LogP contribution in [0.2, 0.25) is 0 Å². The lowest BCUT2D eigenvalue weighted by Gasteiger charge is -2.24. The molecule has 2 aromatic carbocycles. The molecule has 0 radical (unpaired) electrons. The number of nitrogens with two attached hydrogens (primary N) is 3.